The number of piperidine rings is 1. The molecular formula is C24H34N2S. The van der Waals surface area contributed by atoms with E-state index in [1.54, 1.807) is 5.56 Å². The van der Waals surface area contributed by atoms with Gasteiger partial charge in [-0.2, -0.15) is 0 Å². The second-order valence-electron chi connectivity index (χ2n) is 10.4. The Hall–Kier alpha value is -0.930. The summed E-state index contributed by atoms with van der Waals surface area (Å²) in [6, 6.07) is 12.0. The van der Waals surface area contributed by atoms with Gasteiger partial charge in [0.2, 0.25) is 0 Å². The molecule has 1 aliphatic heterocycles. The van der Waals surface area contributed by atoms with Gasteiger partial charge in [-0.15, -0.1) is 0 Å². The van der Waals surface area contributed by atoms with Gasteiger partial charge in [0.1, 0.15) is 0 Å². The lowest BCUT2D eigenvalue weighted by molar-refractivity contribution is -0.0829. The van der Waals surface area contributed by atoms with E-state index in [0.717, 1.165) is 19.0 Å². The van der Waals surface area contributed by atoms with Crippen molar-refractivity contribution in [2.45, 2.75) is 76.2 Å². The summed E-state index contributed by atoms with van der Waals surface area (Å²) in [6.45, 7) is 4.84. The minimum atomic E-state index is 0.222. The van der Waals surface area contributed by atoms with Crippen molar-refractivity contribution in [2.75, 3.05) is 13.1 Å². The van der Waals surface area contributed by atoms with Gasteiger partial charge in [-0.3, -0.25) is 0 Å². The van der Waals surface area contributed by atoms with E-state index in [0.29, 0.717) is 16.9 Å². The Bertz CT molecular complexity index is 712. The van der Waals surface area contributed by atoms with Crippen LogP contribution in [0.3, 0.4) is 0 Å². The third-order valence-electron chi connectivity index (χ3n) is 8.63. The van der Waals surface area contributed by atoms with Crippen molar-refractivity contribution in [3.8, 4) is 0 Å². The van der Waals surface area contributed by atoms with Crippen molar-refractivity contribution in [3.63, 3.8) is 0 Å². The van der Waals surface area contributed by atoms with Crippen LogP contribution in [0.4, 0.5) is 0 Å². The number of rotatable bonds is 3. The number of fused-ring (bicyclic) bond motifs is 2. The molecule has 4 aliphatic rings. The van der Waals surface area contributed by atoms with Gasteiger partial charge in [0.15, 0.2) is 0 Å². The molecule has 27 heavy (non-hydrogen) atoms. The van der Waals surface area contributed by atoms with Crippen LogP contribution in [0.5, 0.6) is 0 Å². The third kappa shape index (κ3) is 2.97. The summed E-state index contributed by atoms with van der Waals surface area (Å²) in [5, 5.41) is 7.35. The van der Waals surface area contributed by atoms with Gasteiger partial charge in [-0.05, 0) is 93.2 Å². The van der Waals surface area contributed by atoms with E-state index in [2.05, 4.69) is 47.9 Å². The molecule has 5 rings (SSSR count). The molecule has 1 aromatic carbocycles. The number of hydrogen-bond acceptors (Lipinski definition) is 2. The van der Waals surface area contributed by atoms with Gasteiger partial charge >= 0.3 is 0 Å². The van der Waals surface area contributed by atoms with Crippen LogP contribution in [0.2, 0.25) is 0 Å². The molecule has 2 nitrogen and oxygen atoms in total. The largest absolute Gasteiger partial charge is 0.376 e. The molecule has 2 unspecified atom stereocenters. The summed E-state index contributed by atoms with van der Waals surface area (Å²) < 4.78 is 0. The fourth-order valence-corrected chi connectivity index (χ4v) is 7.90. The molecule has 2 N–H and O–H groups in total. The van der Waals surface area contributed by atoms with Crippen LogP contribution in [-0.4, -0.2) is 24.1 Å². The summed E-state index contributed by atoms with van der Waals surface area (Å²) >= 11 is 6.19. The highest BCUT2D eigenvalue weighted by Gasteiger charge is 2.62. The average Bonchev–Trinajstić information content (AvgIpc) is 2.67. The van der Waals surface area contributed by atoms with Crippen LogP contribution in [0.1, 0.15) is 70.3 Å². The first-order chi connectivity index (χ1) is 13.0. The maximum atomic E-state index is 6.19. The molecule has 0 radical (unpaired) electrons. The summed E-state index contributed by atoms with van der Waals surface area (Å²) in [7, 11) is 0. The Morgan fingerprint density at radius 3 is 2.52 bits per heavy atom. The SMILES string of the molecule is C[C@@]12CC3(C(=S)NC4CCNCC4)CCC1CC[C@](c1ccccc1)(C3)C2. The molecule has 3 heteroatoms. The molecule has 3 saturated carbocycles. The fraction of sp³-hybridized carbons (Fsp3) is 0.708. The van der Waals surface area contributed by atoms with Crippen LogP contribution in [-0.2, 0) is 5.41 Å². The quantitative estimate of drug-likeness (QED) is 0.722. The monoisotopic (exact) mass is 382 g/mol. The first kappa shape index (κ1) is 18.1. The maximum absolute atomic E-state index is 6.19. The maximum Gasteiger partial charge on any atom is 0.0818 e. The van der Waals surface area contributed by atoms with Crippen molar-refractivity contribution < 1.29 is 0 Å². The van der Waals surface area contributed by atoms with Crippen LogP contribution >= 0.6 is 12.2 Å². The molecule has 0 spiro atoms. The summed E-state index contributed by atoms with van der Waals surface area (Å²) in [5.41, 5.74) is 2.60. The molecule has 3 bridgehead atoms. The Labute approximate surface area is 169 Å². The van der Waals surface area contributed by atoms with Crippen molar-refractivity contribution in [1.82, 2.24) is 10.6 Å². The van der Waals surface area contributed by atoms with Gasteiger partial charge in [0.05, 0.1) is 4.99 Å². The van der Waals surface area contributed by atoms with Crippen LogP contribution < -0.4 is 10.6 Å². The van der Waals surface area contributed by atoms with E-state index in [-0.39, 0.29) is 5.41 Å². The van der Waals surface area contributed by atoms with E-state index >= 15 is 0 Å². The second-order valence-corrected chi connectivity index (χ2v) is 10.8. The van der Waals surface area contributed by atoms with Crippen molar-refractivity contribution >= 4 is 17.2 Å². The molecule has 1 aromatic rings. The van der Waals surface area contributed by atoms with Crippen LogP contribution in [0.25, 0.3) is 0 Å². The van der Waals surface area contributed by atoms with E-state index in [4.69, 9.17) is 12.2 Å². The van der Waals surface area contributed by atoms with Gasteiger partial charge < -0.3 is 10.6 Å². The zero-order valence-electron chi connectivity index (χ0n) is 16.7. The minimum Gasteiger partial charge on any atom is -0.376 e. The highest BCUT2D eigenvalue weighted by atomic mass is 32.1. The molecule has 0 aromatic heterocycles. The van der Waals surface area contributed by atoms with E-state index in [1.807, 2.05) is 0 Å². The van der Waals surface area contributed by atoms with Gasteiger partial charge in [-0.25, -0.2) is 0 Å². The lowest BCUT2D eigenvalue weighted by atomic mass is 9.40. The lowest BCUT2D eigenvalue weighted by Gasteiger charge is -2.65. The standard InChI is InChI=1S/C24H34N2S/c1-22-15-23(19-5-3-2-4-6-19)11-7-18(22)8-12-24(16-22,17-23)21(27)26-20-9-13-25-14-10-20/h2-6,18,20,25H,7-17H2,1H3,(H,26,27)/t18?,22-,23-,24?/m1/s1. The molecular weight excluding hydrogens is 348 g/mol. The van der Waals surface area contributed by atoms with Gasteiger partial charge in [0.25, 0.3) is 0 Å². The zero-order chi connectivity index (χ0) is 18.5. The normalized spacial score (nSPS) is 41.3. The Morgan fingerprint density at radius 2 is 1.74 bits per heavy atom. The summed E-state index contributed by atoms with van der Waals surface area (Å²) in [6.07, 6.45) is 11.8. The predicted octanol–water partition coefficient (Wildman–Crippen LogP) is 4.97. The number of hydrogen-bond donors (Lipinski definition) is 2. The first-order valence-corrected chi connectivity index (χ1v) is 11.5. The molecule has 146 valence electrons. The molecule has 1 saturated heterocycles. The smallest absolute Gasteiger partial charge is 0.0818 e. The van der Waals surface area contributed by atoms with E-state index in [1.165, 1.54) is 62.8 Å². The molecule has 1 heterocycles. The first-order valence-electron chi connectivity index (χ1n) is 11.1. The Kier molecular flexibility index (Phi) is 4.40. The lowest BCUT2D eigenvalue weighted by Crippen LogP contribution is -2.61. The topological polar surface area (TPSA) is 24.1 Å². The average molecular weight is 383 g/mol. The number of thiocarbonyl (C=S) groups is 1. The minimum absolute atomic E-state index is 0.222. The highest BCUT2D eigenvalue weighted by Crippen LogP contribution is 2.68. The third-order valence-corrected chi connectivity index (χ3v) is 9.18. The molecule has 3 aliphatic carbocycles. The number of benzene rings is 1. The van der Waals surface area contributed by atoms with Crippen LogP contribution in [0.15, 0.2) is 30.3 Å². The second kappa shape index (κ2) is 6.56. The zero-order valence-corrected chi connectivity index (χ0v) is 17.5. The van der Waals surface area contributed by atoms with Gasteiger partial charge in [0, 0.05) is 11.5 Å². The van der Waals surface area contributed by atoms with E-state index < -0.39 is 0 Å². The van der Waals surface area contributed by atoms with Crippen molar-refractivity contribution in [3.05, 3.63) is 35.9 Å². The molecule has 0 amide bonds. The Balaban J connectivity index is 1.48. The summed E-state index contributed by atoms with van der Waals surface area (Å²) in [5.74, 6) is 0.907. The van der Waals surface area contributed by atoms with Crippen molar-refractivity contribution in [2.24, 2.45) is 16.7 Å². The van der Waals surface area contributed by atoms with Gasteiger partial charge in [-0.1, -0.05) is 49.5 Å². The van der Waals surface area contributed by atoms with Crippen molar-refractivity contribution in [1.29, 1.82) is 0 Å². The Morgan fingerprint density at radius 1 is 1.00 bits per heavy atom. The predicted molar refractivity (Wildman–Crippen MR) is 116 cm³/mol. The van der Waals surface area contributed by atoms with E-state index in [9.17, 15) is 0 Å². The fourth-order valence-electron chi connectivity index (χ4n) is 7.48. The molecule has 4 fully saturated rings. The number of nitrogens with one attached hydrogen (secondary N) is 2. The van der Waals surface area contributed by atoms with Crippen LogP contribution in [0, 0.1) is 16.7 Å². The molecule has 4 atom stereocenters. The highest BCUT2D eigenvalue weighted by molar-refractivity contribution is 7.80. The summed E-state index contributed by atoms with van der Waals surface area (Å²) in [4.78, 5) is 1.21.